The molecule has 13 heavy (non-hydrogen) atoms. The summed E-state index contributed by atoms with van der Waals surface area (Å²) < 4.78 is 1.67. The van der Waals surface area contributed by atoms with E-state index >= 15 is 0 Å². The Bertz CT molecular complexity index is 255. The monoisotopic (exact) mass is 182 g/mol. The van der Waals surface area contributed by atoms with Crippen molar-refractivity contribution in [2.45, 2.75) is 46.1 Å². The highest BCUT2D eigenvalue weighted by Gasteiger charge is 2.07. The van der Waals surface area contributed by atoms with Crippen molar-refractivity contribution < 1.29 is 5.11 Å². The van der Waals surface area contributed by atoms with E-state index in [1.54, 1.807) is 10.9 Å². The Kier molecular flexibility index (Phi) is 3.80. The van der Waals surface area contributed by atoms with Crippen molar-refractivity contribution in [3.05, 3.63) is 11.8 Å². The first kappa shape index (κ1) is 10.1. The van der Waals surface area contributed by atoms with Crippen LogP contribution >= 0.6 is 0 Å². The summed E-state index contributed by atoms with van der Waals surface area (Å²) in [5.74, 6) is 0.357. The Balaban J connectivity index is 2.62. The van der Waals surface area contributed by atoms with Crippen molar-refractivity contribution in [2.75, 3.05) is 0 Å². The van der Waals surface area contributed by atoms with Crippen molar-refractivity contribution in [1.29, 1.82) is 0 Å². The van der Waals surface area contributed by atoms with E-state index in [9.17, 15) is 5.11 Å². The van der Waals surface area contributed by atoms with Crippen molar-refractivity contribution in [1.82, 2.24) is 9.78 Å². The highest BCUT2D eigenvalue weighted by Crippen LogP contribution is 2.18. The predicted molar refractivity (Wildman–Crippen MR) is 52.8 cm³/mol. The van der Waals surface area contributed by atoms with Crippen molar-refractivity contribution >= 4 is 0 Å². The van der Waals surface area contributed by atoms with E-state index in [0.29, 0.717) is 5.88 Å². The van der Waals surface area contributed by atoms with Gasteiger partial charge in [0.1, 0.15) is 0 Å². The van der Waals surface area contributed by atoms with E-state index in [4.69, 9.17) is 0 Å². The summed E-state index contributed by atoms with van der Waals surface area (Å²) in [6, 6.07) is 0. The largest absolute Gasteiger partial charge is 0.493 e. The zero-order valence-electron chi connectivity index (χ0n) is 8.45. The van der Waals surface area contributed by atoms with Crippen LogP contribution in [0, 0.1) is 0 Å². The molecule has 0 unspecified atom stereocenters. The van der Waals surface area contributed by atoms with Gasteiger partial charge in [-0.05, 0) is 19.3 Å². The van der Waals surface area contributed by atoms with Gasteiger partial charge in [-0.3, -0.25) is 0 Å². The van der Waals surface area contributed by atoms with Crippen LogP contribution in [-0.4, -0.2) is 14.9 Å². The summed E-state index contributed by atoms with van der Waals surface area (Å²) >= 11 is 0. The summed E-state index contributed by atoms with van der Waals surface area (Å²) in [6.45, 7) is 5.03. The van der Waals surface area contributed by atoms with Gasteiger partial charge in [-0.2, -0.15) is 5.10 Å². The average molecular weight is 182 g/mol. The first-order valence-electron chi connectivity index (χ1n) is 5.03. The summed E-state index contributed by atoms with van der Waals surface area (Å²) in [5, 5.41) is 13.8. The van der Waals surface area contributed by atoms with Gasteiger partial charge in [-0.1, -0.05) is 20.3 Å². The zero-order valence-corrected chi connectivity index (χ0v) is 8.45. The quantitative estimate of drug-likeness (QED) is 0.759. The number of unbranched alkanes of at least 4 members (excludes halogenated alkanes) is 1. The molecule has 0 saturated heterocycles. The fraction of sp³-hybridized carbons (Fsp3) is 0.700. The summed E-state index contributed by atoms with van der Waals surface area (Å²) in [5.41, 5.74) is 0.982. The highest BCUT2D eigenvalue weighted by atomic mass is 16.3. The molecule has 0 aliphatic rings. The van der Waals surface area contributed by atoms with Gasteiger partial charge >= 0.3 is 0 Å². The van der Waals surface area contributed by atoms with Crippen molar-refractivity contribution in [3.63, 3.8) is 0 Å². The molecule has 0 spiro atoms. The highest BCUT2D eigenvalue weighted by molar-refractivity contribution is 5.22. The van der Waals surface area contributed by atoms with Crippen LogP contribution in [0.1, 0.15) is 38.7 Å². The Morgan fingerprint density at radius 3 is 2.77 bits per heavy atom. The molecule has 0 atom stereocenters. The molecule has 1 heterocycles. The van der Waals surface area contributed by atoms with Gasteiger partial charge in [-0.25, -0.2) is 4.68 Å². The molecule has 0 radical (unpaired) electrons. The molecule has 0 fully saturated rings. The number of hydrogen-bond donors (Lipinski definition) is 1. The maximum absolute atomic E-state index is 9.69. The topological polar surface area (TPSA) is 38.0 Å². The fourth-order valence-corrected chi connectivity index (χ4v) is 1.34. The Morgan fingerprint density at radius 1 is 1.38 bits per heavy atom. The number of nitrogens with zero attached hydrogens (tertiary/aromatic N) is 2. The lowest BCUT2D eigenvalue weighted by atomic mass is 10.1. The fourth-order valence-electron chi connectivity index (χ4n) is 1.34. The SMILES string of the molecule is CCCCc1cnn(CCC)c1O. The smallest absolute Gasteiger partial charge is 0.212 e. The van der Waals surface area contributed by atoms with Gasteiger partial charge in [0.25, 0.3) is 0 Å². The van der Waals surface area contributed by atoms with Crippen LogP contribution in [0.5, 0.6) is 5.88 Å². The standard InChI is InChI=1S/C10H18N2O/c1-3-5-6-9-8-11-12(7-4-2)10(9)13/h8,13H,3-7H2,1-2H3. The Labute approximate surface area is 79.4 Å². The van der Waals surface area contributed by atoms with Gasteiger partial charge in [-0.15, -0.1) is 0 Å². The average Bonchev–Trinajstić information content (AvgIpc) is 2.46. The molecule has 1 rings (SSSR count). The Hall–Kier alpha value is -0.990. The maximum atomic E-state index is 9.69. The number of aryl methyl sites for hydroxylation is 2. The molecule has 1 aromatic heterocycles. The lowest BCUT2D eigenvalue weighted by Gasteiger charge is -2.01. The summed E-state index contributed by atoms with van der Waals surface area (Å²) in [6.07, 6.45) is 5.99. The van der Waals surface area contributed by atoms with Crippen LogP contribution in [0.25, 0.3) is 0 Å². The van der Waals surface area contributed by atoms with E-state index in [-0.39, 0.29) is 0 Å². The van der Waals surface area contributed by atoms with E-state index < -0.39 is 0 Å². The number of aromatic hydroxyl groups is 1. The summed E-state index contributed by atoms with van der Waals surface area (Å²) in [7, 11) is 0. The minimum absolute atomic E-state index is 0.357. The third-order valence-electron chi connectivity index (χ3n) is 2.12. The molecule has 1 aromatic rings. The molecular formula is C10H18N2O. The third kappa shape index (κ3) is 2.47. The normalized spacial score (nSPS) is 10.6. The molecule has 0 aliphatic carbocycles. The number of rotatable bonds is 5. The maximum Gasteiger partial charge on any atom is 0.212 e. The third-order valence-corrected chi connectivity index (χ3v) is 2.12. The van der Waals surface area contributed by atoms with Gasteiger partial charge in [0.05, 0.1) is 6.20 Å². The number of aromatic nitrogens is 2. The predicted octanol–water partition coefficient (Wildman–Crippen LogP) is 2.34. The number of hydrogen-bond acceptors (Lipinski definition) is 2. The molecular weight excluding hydrogens is 164 g/mol. The van der Waals surface area contributed by atoms with Gasteiger partial charge in [0.2, 0.25) is 5.88 Å². The van der Waals surface area contributed by atoms with Gasteiger partial charge < -0.3 is 5.11 Å². The molecule has 3 nitrogen and oxygen atoms in total. The van der Waals surface area contributed by atoms with Crippen LogP contribution in [0.4, 0.5) is 0 Å². The van der Waals surface area contributed by atoms with Crippen LogP contribution < -0.4 is 0 Å². The minimum atomic E-state index is 0.357. The van der Waals surface area contributed by atoms with Gasteiger partial charge in [0.15, 0.2) is 0 Å². The first-order chi connectivity index (χ1) is 6.29. The second-order valence-electron chi connectivity index (χ2n) is 3.32. The lowest BCUT2D eigenvalue weighted by Crippen LogP contribution is -1.97. The zero-order chi connectivity index (χ0) is 9.68. The van der Waals surface area contributed by atoms with Crippen molar-refractivity contribution in [2.24, 2.45) is 0 Å². The molecule has 0 aromatic carbocycles. The molecule has 3 heteroatoms. The lowest BCUT2D eigenvalue weighted by molar-refractivity contribution is 0.392. The summed E-state index contributed by atoms with van der Waals surface area (Å²) in [4.78, 5) is 0. The van der Waals surface area contributed by atoms with E-state index in [1.807, 2.05) is 0 Å². The van der Waals surface area contributed by atoms with Crippen LogP contribution in [0.3, 0.4) is 0 Å². The Morgan fingerprint density at radius 2 is 2.15 bits per heavy atom. The molecule has 0 amide bonds. The van der Waals surface area contributed by atoms with Crippen molar-refractivity contribution in [3.8, 4) is 5.88 Å². The van der Waals surface area contributed by atoms with E-state index in [1.165, 1.54) is 0 Å². The first-order valence-corrected chi connectivity index (χ1v) is 5.03. The second kappa shape index (κ2) is 4.90. The molecule has 0 saturated carbocycles. The molecule has 0 bridgehead atoms. The molecule has 1 N–H and O–H groups in total. The van der Waals surface area contributed by atoms with E-state index in [2.05, 4.69) is 18.9 Å². The molecule has 0 aliphatic heterocycles. The van der Waals surface area contributed by atoms with Crippen LogP contribution in [0.15, 0.2) is 6.20 Å². The second-order valence-corrected chi connectivity index (χ2v) is 3.32. The van der Waals surface area contributed by atoms with Crippen LogP contribution in [-0.2, 0) is 13.0 Å². The van der Waals surface area contributed by atoms with Gasteiger partial charge in [0, 0.05) is 12.1 Å². The van der Waals surface area contributed by atoms with Crippen LogP contribution in [0.2, 0.25) is 0 Å². The minimum Gasteiger partial charge on any atom is -0.493 e. The molecule has 74 valence electrons. The van der Waals surface area contributed by atoms with E-state index in [0.717, 1.165) is 37.8 Å².